The lowest BCUT2D eigenvalue weighted by molar-refractivity contribution is 0.404. The van der Waals surface area contributed by atoms with Gasteiger partial charge in [-0.3, -0.25) is 4.68 Å². The molecule has 114 valence electrons. The molecule has 0 saturated carbocycles. The van der Waals surface area contributed by atoms with Crippen molar-refractivity contribution < 1.29 is 0 Å². The highest BCUT2D eigenvalue weighted by Crippen LogP contribution is 2.23. The molecule has 0 aliphatic rings. The van der Waals surface area contributed by atoms with E-state index in [4.69, 9.17) is 0 Å². The van der Waals surface area contributed by atoms with Gasteiger partial charge < -0.3 is 5.32 Å². The Morgan fingerprint density at radius 2 is 2.10 bits per heavy atom. The van der Waals surface area contributed by atoms with E-state index in [1.807, 2.05) is 13.2 Å². The lowest BCUT2D eigenvalue weighted by Gasteiger charge is -2.25. The second kappa shape index (κ2) is 6.71. The van der Waals surface area contributed by atoms with Gasteiger partial charge >= 0.3 is 0 Å². The lowest BCUT2D eigenvalue weighted by Crippen LogP contribution is -2.39. The molecule has 2 rings (SSSR count). The van der Waals surface area contributed by atoms with Gasteiger partial charge in [0, 0.05) is 42.1 Å². The second-order valence-corrected chi connectivity index (χ2v) is 7.39. The van der Waals surface area contributed by atoms with Crippen LogP contribution in [0, 0.1) is 0 Å². The van der Waals surface area contributed by atoms with Crippen molar-refractivity contribution in [2.45, 2.75) is 38.6 Å². The van der Waals surface area contributed by atoms with Crippen LogP contribution in [0.3, 0.4) is 0 Å². The number of nitrogens with one attached hydrogen (secondary N) is 1. The molecule has 1 unspecified atom stereocenters. The summed E-state index contributed by atoms with van der Waals surface area (Å²) in [5.41, 5.74) is 2.44. The largest absolute Gasteiger partial charge is 0.311 e. The second-order valence-electron chi connectivity index (χ2n) is 6.47. The molecule has 4 nitrogen and oxygen atoms in total. The summed E-state index contributed by atoms with van der Waals surface area (Å²) in [5, 5.41) is 11.8. The summed E-state index contributed by atoms with van der Waals surface area (Å²) in [5.74, 6) is 0.374. The topological polar surface area (TPSA) is 42.7 Å². The van der Waals surface area contributed by atoms with Crippen molar-refractivity contribution in [1.82, 2.24) is 20.3 Å². The van der Waals surface area contributed by atoms with Gasteiger partial charge in [0.1, 0.15) is 0 Å². The number of halogens is 1. The maximum atomic E-state index is 4.22. The predicted molar refractivity (Wildman–Crippen MR) is 89.3 cm³/mol. The number of benzene rings is 1. The van der Waals surface area contributed by atoms with Crippen LogP contribution in [0.5, 0.6) is 0 Å². The van der Waals surface area contributed by atoms with Gasteiger partial charge in [0.25, 0.3) is 0 Å². The summed E-state index contributed by atoms with van der Waals surface area (Å²) in [6.07, 6.45) is 2.87. The van der Waals surface area contributed by atoms with Crippen molar-refractivity contribution in [1.29, 1.82) is 0 Å². The highest BCUT2D eigenvalue weighted by Gasteiger charge is 2.18. The van der Waals surface area contributed by atoms with E-state index in [0.29, 0.717) is 5.92 Å². The predicted octanol–water partition coefficient (Wildman–Crippen LogP) is 3.29. The fourth-order valence-electron chi connectivity index (χ4n) is 2.24. The van der Waals surface area contributed by atoms with Gasteiger partial charge in [0.2, 0.25) is 0 Å². The number of rotatable bonds is 5. The summed E-state index contributed by atoms with van der Waals surface area (Å²) in [4.78, 5) is 0. The molecular formula is C16H23BrN4. The molecule has 0 fully saturated rings. The summed E-state index contributed by atoms with van der Waals surface area (Å²) in [6.45, 7) is 7.48. The molecular weight excluding hydrogens is 328 g/mol. The zero-order valence-electron chi connectivity index (χ0n) is 13.1. The normalized spacial score (nSPS) is 13.4. The molecule has 1 N–H and O–H groups in total. The third-order valence-corrected chi connectivity index (χ3v) is 3.80. The Kier molecular flexibility index (Phi) is 5.17. The average Bonchev–Trinajstić information content (AvgIpc) is 2.79. The third-order valence-electron chi connectivity index (χ3n) is 3.30. The number of hydrogen-bond acceptors (Lipinski definition) is 3. The van der Waals surface area contributed by atoms with E-state index in [1.165, 1.54) is 5.56 Å². The summed E-state index contributed by atoms with van der Waals surface area (Å²) in [6, 6.07) is 8.50. The first-order valence-electron chi connectivity index (χ1n) is 7.19. The van der Waals surface area contributed by atoms with Crippen LogP contribution >= 0.6 is 15.9 Å². The summed E-state index contributed by atoms with van der Waals surface area (Å²) in [7, 11) is 1.90. The van der Waals surface area contributed by atoms with Crippen LogP contribution in [-0.2, 0) is 13.5 Å². The maximum absolute atomic E-state index is 4.22. The molecule has 0 aliphatic heterocycles. The Bertz CT molecular complexity index is 586. The number of aromatic nitrogens is 3. The first-order chi connectivity index (χ1) is 9.83. The molecule has 21 heavy (non-hydrogen) atoms. The van der Waals surface area contributed by atoms with Crippen LogP contribution in [0.1, 0.15) is 37.9 Å². The molecule has 1 aromatic carbocycles. The minimum Gasteiger partial charge on any atom is -0.311 e. The summed E-state index contributed by atoms with van der Waals surface area (Å²) < 4.78 is 2.87. The Hall–Kier alpha value is -1.20. The minimum atomic E-state index is 0.104. The smallest absolute Gasteiger partial charge is 0.0833 e. The third kappa shape index (κ3) is 5.25. The molecule has 2 aromatic rings. The molecule has 0 spiro atoms. The van der Waals surface area contributed by atoms with E-state index in [-0.39, 0.29) is 5.54 Å². The van der Waals surface area contributed by atoms with Gasteiger partial charge in [-0.2, -0.15) is 0 Å². The summed E-state index contributed by atoms with van der Waals surface area (Å²) >= 11 is 3.56. The molecule has 0 saturated heterocycles. The van der Waals surface area contributed by atoms with Gasteiger partial charge in [-0.1, -0.05) is 33.3 Å². The van der Waals surface area contributed by atoms with Crippen LogP contribution in [0.4, 0.5) is 0 Å². The van der Waals surface area contributed by atoms with E-state index < -0.39 is 0 Å². The SMILES string of the molecule is Cn1cc(CC(CNC(C)(C)C)c2cccc(Br)c2)nn1. The van der Waals surface area contributed by atoms with Crippen LogP contribution in [0.15, 0.2) is 34.9 Å². The van der Waals surface area contributed by atoms with E-state index in [9.17, 15) is 0 Å². The molecule has 1 atom stereocenters. The minimum absolute atomic E-state index is 0.104. The van der Waals surface area contributed by atoms with Crippen molar-refractivity contribution in [3.63, 3.8) is 0 Å². The highest BCUT2D eigenvalue weighted by molar-refractivity contribution is 9.10. The monoisotopic (exact) mass is 350 g/mol. The van der Waals surface area contributed by atoms with E-state index in [2.05, 4.69) is 76.6 Å². The van der Waals surface area contributed by atoms with Crippen molar-refractivity contribution in [2.24, 2.45) is 7.05 Å². The van der Waals surface area contributed by atoms with Crippen LogP contribution < -0.4 is 5.32 Å². The van der Waals surface area contributed by atoms with Gasteiger partial charge in [-0.15, -0.1) is 5.10 Å². The van der Waals surface area contributed by atoms with Crippen molar-refractivity contribution in [3.8, 4) is 0 Å². The Balaban J connectivity index is 2.17. The van der Waals surface area contributed by atoms with E-state index in [1.54, 1.807) is 4.68 Å². The fraction of sp³-hybridized carbons (Fsp3) is 0.500. The van der Waals surface area contributed by atoms with Crippen molar-refractivity contribution in [3.05, 3.63) is 46.2 Å². The molecule has 0 radical (unpaired) electrons. The van der Waals surface area contributed by atoms with Crippen molar-refractivity contribution in [2.75, 3.05) is 6.54 Å². The van der Waals surface area contributed by atoms with Crippen LogP contribution in [0.2, 0.25) is 0 Å². The van der Waals surface area contributed by atoms with Gasteiger partial charge in [0.05, 0.1) is 5.69 Å². The molecule has 0 amide bonds. The standard InChI is InChI=1S/C16H23BrN4/c1-16(2,3)18-10-13(9-15-11-21(4)20-19-15)12-6-5-7-14(17)8-12/h5-8,11,13,18H,9-10H2,1-4H3. The zero-order valence-corrected chi connectivity index (χ0v) is 14.7. The number of nitrogens with zero attached hydrogens (tertiary/aromatic N) is 3. The van der Waals surface area contributed by atoms with Gasteiger partial charge in [-0.05, 0) is 38.5 Å². The molecule has 0 aliphatic carbocycles. The van der Waals surface area contributed by atoms with E-state index in [0.717, 1.165) is 23.1 Å². The fourth-order valence-corrected chi connectivity index (χ4v) is 2.66. The quantitative estimate of drug-likeness (QED) is 0.899. The zero-order chi connectivity index (χ0) is 15.5. The average molecular weight is 351 g/mol. The van der Waals surface area contributed by atoms with Gasteiger partial charge in [-0.25, -0.2) is 0 Å². The first-order valence-corrected chi connectivity index (χ1v) is 7.98. The molecule has 0 bridgehead atoms. The molecule has 5 heteroatoms. The highest BCUT2D eigenvalue weighted by atomic mass is 79.9. The Morgan fingerprint density at radius 3 is 2.67 bits per heavy atom. The number of aryl methyl sites for hydroxylation is 1. The van der Waals surface area contributed by atoms with E-state index >= 15 is 0 Å². The Morgan fingerprint density at radius 1 is 1.33 bits per heavy atom. The number of hydrogen-bond donors (Lipinski definition) is 1. The van der Waals surface area contributed by atoms with Gasteiger partial charge in [0.15, 0.2) is 0 Å². The van der Waals surface area contributed by atoms with Crippen LogP contribution in [0.25, 0.3) is 0 Å². The van der Waals surface area contributed by atoms with Crippen LogP contribution in [-0.4, -0.2) is 27.1 Å². The lowest BCUT2D eigenvalue weighted by atomic mass is 9.93. The molecule has 1 aromatic heterocycles. The first kappa shape index (κ1) is 16.2. The maximum Gasteiger partial charge on any atom is 0.0833 e. The molecule has 1 heterocycles. The van der Waals surface area contributed by atoms with Crippen molar-refractivity contribution >= 4 is 15.9 Å². The Labute approximate surface area is 135 Å².